The van der Waals surface area contributed by atoms with Crippen molar-refractivity contribution in [2.45, 2.75) is 33.2 Å². The van der Waals surface area contributed by atoms with E-state index in [-0.39, 0.29) is 23.1 Å². The number of anilines is 1. The van der Waals surface area contributed by atoms with E-state index in [0.717, 1.165) is 19.5 Å². The highest BCUT2D eigenvalue weighted by Gasteiger charge is 2.33. The van der Waals surface area contributed by atoms with E-state index in [2.05, 4.69) is 24.1 Å². The minimum Gasteiger partial charge on any atom is -0.327 e. The summed E-state index contributed by atoms with van der Waals surface area (Å²) in [5.41, 5.74) is 7.24. The van der Waals surface area contributed by atoms with Crippen LogP contribution in [0.4, 0.5) is 5.69 Å². The molecule has 1 saturated heterocycles. The fourth-order valence-corrected chi connectivity index (χ4v) is 2.91. The zero-order valence-corrected chi connectivity index (χ0v) is 13.6. The van der Waals surface area contributed by atoms with Gasteiger partial charge in [-0.1, -0.05) is 26.0 Å². The van der Waals surface area contributed by atoms with Crippen molar-refractivity contribution in [3.05, 3.63) is 29.8 Å². The molecule has 0 spiro atoms. The lowest BCUT2D eigenvalue weighted by Crippen LogP contribution is -2.53. The van der Waals surface area contributed by atoms with Gasteiger partial charge in [0.25, 0.3) is 0 Å². The molecule has 1 aromatic carbocycles. The smallest absolute Gasteiger partial charge is 0.238 e. The molecule has 1 atom stereocenters. The Hall–Kier alpha value is -1.72. The highest BCUT2D eigenvalue weighted by molar-refractivity contribution is 6.04. The van der Waals surface area contributed by atoms with Gasteiger partial charge >= 0.3 is 0 Å². The van der Waals surface area contributed by atoms with E-state index in [0.29, 0.717) is 17.8 Å². The topological polar surface area (TPSA) is 75.4 Å². The molecule has 1 fully saturated rings. The number of Topliss-reactive ketones (excluding diaryl/α,β-unsaturated/α-hetero) is 1. The number of ketones is 1. The van der Waals surface area contributed by atoms with Crippen molar-refractivity contribution in [1.82, 2.24) is 4.90 Å². The van der Waals surface area contributed by atoms with Gasteiger partial charge in [-0.05, 0) is 30.9 Å². The Kier molecular flexibility index (Phi) is 4.98. The second-order valence-corrected chi connectivity index (χ2v) is 6.74. The van der Waals surface area contributed by atoms with E-state index < -0.39 is 0 Å². The summed E-state index contributed by atoms with van der Waals surface area (Å²) >= 11 is 0. The molecule has 0 aliphatic carbocycles. The molecule has 22 heavy (non-hydrogen) atoms. The van der Waals surface area contributed by atoms with Gasteiger partial charge in [0.05, 0.1) is 12.2 Å². The fraction of sp³-hybridized carbons (Fsp3) is 0.529. The SMILES string of the molecule is CC(=O)c1ccccc1NC(=O)CN1CCC(N)C(C)(C)C1. The van der Waals surface area contributed by atoms with Crippen molar-refractivity contribution in [1.29, 1.82) is 0 Å². The number of piperidine rings is 1. The molecule has 0 saturated carbocycles. The van der Waals surface area contributed by atoms with Gasteiger partial charge in [-0.3, -0.25) is 14.5 Å². The second-order valence-electron chi connectivity index (χ2n) is 6.74. The van der Waals surface area contributed by atoms with Gasteiger partial charge in [-0.15, -0.1) is 0 Å². The first-order valence-corrected chi connectivity index (χ1v) is 7.67. The summed E-state index contributed by atoms with van der Waals surface area (Å²) in [4.78, 5) is 26.0. The third kappa shape index (κ3) is 3.93. The molecule has 0 radical (unpaired) electrons. The first kappa shape index (κ1) is 16.6. The van der Waals surface area contributed by atoms with E-state index in [4.69, 9.17) is 5.73 Å². The maximum atomic E-state index is 12.3. The van der Waals surface area contributed by atoms with Gasteiger partial charge in [0.2, 0.25) is 5.91 Å². The Balaban J connectivity index is 1.98. The Morgan fingerprint density at radius 1 is 1.36 bits per heavy atom. The number of nitrogens with two attached hydrogens (primary N) is 1. The fourth-order valence-electron chi connectivity index (χ4n) is 2.91. The van der Waals surface area contributed by atoms with Gasteiger partial charge in [-0.2, -0.15) is 0 Å². The first-order chi connectivity index (χ1) is 10.3. The normalized spacial score (nSPS) is 21.4. The van der Waals surface area contributed by atoms with Crippen LogP contribution in [0.15, 0.2) is 24.3 Å². The van der Waals surface area contributed by atoms with Crippen LogP contribution >= 0.6 is 0 Å². The van der Waals surface area contributed by atoms with Crippen LogP contribution in [0, 0.1) is 5.41 Å². The number of nitrogens with one attached hydrogen (secondary N) is 1. The van der Waals surface area contributed by atoms with Crippen LogP contribution in [-0.2, 0) is 4.79 Å². The summed E-state index contributed by atoms with van der Waals surface area (Å²) in [6.45, 7) is 7.71. The third-order valence-corrected chi connectivity index (χ3v) is 4.34. The molecule has 1 aliphatic rings. The molecule has 120 valence electrons. The van der Waals surface area contributed by atoms with Crippen molar-refractivity contribution in [3.63, 3.8) is 0 Å². The number of para-hydroxylation sites is 1. The summed E-state index contributed by atoms with van der Waals surface area (Å²) < 4.78 is 0. The van der Waals surface area contributed by atoms with E-state index >= 15 is 0 Å². The zero-order valence-electron chi connectivity index (χ0n) is 13.6. The van der Waals surface area contributed by atoms with Gasteiger partial charge < -0.3 is 11.1 Å². The third-order valence-electron chi connectivity index (χ3n) is 4.34. The number of benzene rings is 1. The highest BCUT2D eigenvalue weighted by Crippen LogP contribution is 2.27. The molecule has 5 nitrogen and oxygen atoms in total. The standard InChI is InChI=1S/C17H25N3O2/c1-12(21)13-6-4-5-7-14(13)19-16(22)10-20-9-8-15(18)17(2,3)11-20/h4-7,15H,8-11,18H2,1-3H3,(H,19,22). The molecule has 0 bridgehead atoms. The lowest BCUT2D eigenvalue weighted by molar-refractivity contribution is -0.118. The molecule has 1 unspecified atom stereocenters. The molecule has 1 aliphatic heterocycles. The Morgan fingerprint density at radius 2 is 2.05 bits per heavy atom. The predicted octanol–water partition coefficient (Wildman–Crippen LogP) is 1.89. The van der Waals surface area contributed by atoms with Crippen LogP contribution in [-0.4, -0.2) is 42.3 Å². The average molecular weight is 303 g/mol. The molecule has 5 heteroatoms. The quantitative estimate of drug-likeness (QED) is 0.833. The summed E-state index contributed by atoms with van der Waals surface area (Å²) in [6.07, 6.45) is 0.893. The van der Waals surface area contributed by atoms with E-state index in [1.165, 1.54) is 6.92 Å². The summed E-state index contributed by atoms with van der Waals surface area (Å²) in [5, 5.41) is 2.85. The van der Waals surface area contributed by atoms with Crippen LogP contribution in [0.25, 0.3) is 0 Å². The zero-order chi connectivity index (χ0) is 16.3. The highest BCUT2D eigenvalue weighted by atomic mass is 16.2. The van der Waals surface area contributed by atoms with E-state index in [9.17, 15) is 9.59 Å². The van der Waals surface area contributed by atoms with Gasteiger partial charge in [-0.25, -0.2) is 0 Å². The van der Waals surface area contributed by atoms with Crippen molar-refractivity contribution >= 4 is 17.4 Å². The minimum atomic E-state index is -0.0972. The molecular formula is C17H25N3O2. The molecule has 1 heterocycles. The monoisotopic (exact) mass is 303 g/mol. The number of hydrogen-bond donors (Lipinski definition) is 2. The number of amides is 1. The maximum absolute atomic E-state index is 12.3. The van der Waals surface area contributed by atoms with E-state index in [1.807, 2.05) is 6.07 Å². The van der Waals surface area contributed by atoms with Crippen LogP contribution in [0.2, 0.25) is 0 Å². The van der Waals surface area contributed by atoms with Crippen LogP contribution in [0.5, 0.6) is 0 Å². The van der Waals surface area contributed by atoms with Gasteiger partial charge in [0.1, 0.15) is 0 Å². The van der Waals surface area contributed by atoms with Crippen molar-refractivity contribution in [3.8, 4) is 0 Å². The summed E-state index contributed by atoms with van der Waals surface area (Å²) in [7, 11) is 0. The Labute approximate surface area is 131 Å². The van der Waals surface area contributed by atoms with Crippen LogP contribution < -0.4 is 11.1 Å². The number of hydrogen-bond acceptors (Lipinski definition) is 4. The van der Waals surface area contributed by atoms with Crippen molar-refractivity contribution in [2.75, 3.05) is 25.0 Å². The number of likely N-dealkylation sites (tertiary alicyclic amines) is 1. The van der Waals surface area contributed by atoms with Crippen molar-refractivity contribution in [2.24, 2.45) is 11.1 Å². The molecule has 2 rings (SSSR count). The van der Waals surface area contributed by atoms with Crippen LogP contribution in [0.3, 0.4) is 0 Å². The summed E-state index contributed by atoms with van der Waals surface area (Å²) in [5.74, 6) is -0.152. The number of nitrogens with zero attached hydrogens (tertiary/aromatic N) is 1. The minimum absolute atomic E-state index is 0.00974. The average Bonchev–Trinajstić information content (AvgIpc) is 2.43. The second kappa shape index (κ2) is 6.58. The van der Waals surface area contributed by atoms with Crippen molar-refractivity contribution < 1.29 is 9.59 Å². The van der Waals surface area contributed by atoms with Gasteiger partial charge in [0.15, 0.2) is 5.78 Å². The number of carbonyl (C=O) groups excluding carboxylic acids is 2. The molecule has 3 N–H and O–H groups in total. The lowest BCUT2D eigenvalue weighted by Gasteiger charge is -2.42. The van der Waals surface area contributed by atoms with Gasteiger partial charge in [0, 0.05) is 24.7 Å². The molecule has 1 amide bonds. The maximum Gasteiger partial charge on any atom is 0.238 e. The Morgan fingerprint density at radius 3 is 2.68 bits per heavy atom. The number of rotatable bonds is 4. The summed E-state index contributed by atoms with van der Waals surface area (Å²) in [6, 6.07) is 7.25. The molecule has 1 aromatic rings. The predicted molar refractivity (Wildman–Crippen MR) is 87.9 cm³/mol. The van der Waals surface area contributed by atoms with Crippen LogP contribution in [0.1, 0.15) is 37.6 Å². The largest absolute Gasteiger partial charge is 0.327 e. The number of carbonyl (C=O) groups is 2. The van der Waals surface area contributed by atoms with E-state index in [1.54, 1.807) is 18.2 Å². The lowest BCUT2D eigenvalue weighted by atomic mass is 9.80. The molecule has 0 aromatic heterocycles. The molecular weight excluding hydrogens is 278 g/mol. The Bertz CT molecular complexity index is 569. The first-order valence-electron chi connectivity index (χ1n) is 7.67.